The topological polar surface area (TPSA) is 20.3 Å². The Kier molecular flexibility index (Phi) is 6.95. The molecule has 122 valence electrons. The minimum atomic E-state index is 0.353. The summed E-state index contributed by atoms with van der Waals surface area (Å²) >= 11 is 0. The molecule has 1 aromatic rings. The van der Waals surface area contributed by atoms with Crippen molar-refractivity contribution in [1.29, 1.82) is 0 Å². The summed E-state index contributed by atoms with van der Waals surface area (Å²) in [6.07, 6.45) is 7.85. The second-order valence-electron chi connectivity index (χ2n) is 6.63. The van der Waals surface area contributed by atoms with Crippen LogP contribution in [0, 0.1) is 5.92 Å². The second-order valence-corrected chi connectivity index (χ2v) is 6.63. The molecule has 1 aliphatic rings. The summed E-state index contributed by atoms with van der Waals surface area (Å²) in [5, 5.41) is 0. The zero-order chi connectivity index (χ0) is 15.8. The van der Waals surface area contributed by atoms with Gasteiger partial charge < -0.3 is 4.90 Å². The van der Waals surface area contributed by atoms with Crippen LogP contribution < -0.4 is 0 Å². The van der Waals surface area contributed by atoms with E-state index in [1.807, 2.05) is 0 Å². The molecule has 0 aromatic heterocycles. The molecule has 1 aliphatic heterocycles. The molecular formula is C20H31NO. The summed E-state index contributed by atoms with van der Waals surface area (Å²) < 4.78 is 0. The minimum Gasteiger partial charge on any atom is -0.343 e. The lowest BCUT2D eigenvalue weighted by atomic mass is 9.77. The number of carbonyl (C=O) groups excluding carboxylic acids is 1. The highest BCUT2D eigenvalue weighted by Gasteiger charge is 2.28. The standard InChI is InChI=1S/C20H31NO/c1-3-5-12-19(17-10-7-6-8-11-17)18-13-15-21(16-14-18)20(22)9-4-2/h6-8,10-11,18-19H,3-5,9,12-16H2,1-2H3. The van der Waals surface area contributed by atoms with Gasteiger partial charge in [0.05, 0.1) is 0 Å². The predicted molar refractivity (Wildman–Crippen MR) is 92.9 cm³/mol. The molecule has 22 heavy (non-hydrogen) atoms. The number of rotatable bonds is 7. The van der Waals surface area contributed by atoms with E-state index in [1.165, 1.54) is 37.7 Å². The number of likely N-dealkylation sites (tertiary alicyclic amines) is 1. The van der Waals surface area contributed by atoms with Crippen molar-refractivity contribution in [2.75, 3.05) is 13.1 Å². The first-order valence-electron chi connectivity index (χ1n) is 9.09. The highest BCUT2D eigenvalue weighted by atomic mass is 16.2. The Labute approximate surface area is 135 Å². The van der Waals surface area contributed by atoms with E-state index in [0.29, 0.717) is 18.2 Å². The maximum Gasteiger partial charge on any atom is 0.222 e. The van der Waals surface area contributed by atoms with Crippen molar-refractivity contribution in [1.82, 2.24) is 4.90 Å². The van der Waals surface area contributed by atoms with Gasteiger partial charge in [0.2, 0.25) is 5.91 Å². The monoisotopic (exact) mass is 301 g/mol. The van der Waals surface area contributed by atoms with Gasteiger partial charge in [0.1, 0.15) is 0 Å². The molecule has 0 spiro atoms. The zero-order valence-electron chi connectivity index (χ0n) is 14.3. The van der Waals surface area contributed by atoms with E-state index < -0.39 is 0 Å². The van der Waals surface area contributed by atoms with Crippen molar-refractivity contribution in [3.63, 3.8) is 0 Å². The van der Waals surface area contributed by atoms with Gasteiger partial charge in [-0.15, -0.1) is 0 Å². The highest BCUT2D eigenvalue weighted by molar-refractivity contribution is 5.76. The maximum absolute atomic E-state index is 12.0. The van der Waals surface area contributed by atoms with Crippen LogP contribution in [0.1, 0.15) is 70.3 Å². The number of hydrogen-bond donors (Lipinski definition) is 0. The smallest absolute Gasteiger partial charge is 0.222 e. The van der Waals surface area contributed by atoms with E-state index in [2.05, 4.69) is 49.1 Å². The lowest BCUT2D eigenvalue weighted by molar-refractivity contribution is -0.132. The number of carbonyl (C=O) groups is 1. The first-order valence-corrected chi connectivity index (χ1v) is 9.09. The molecule has 2 heteroatoms. The van der Waals surface area contributed by atoms with Crippen molar-refractivity contribution in [2.45, 2.75) is 64.7 Å². The van der Waals surface area contributed by atoms with Crippen LogP contribution in [0.25, 0.3) is 0 Å². The Bertz CT molecular complexity index is 434. The number of amides is 1. The van der Waals surface area contributed by atoms with Crippen LogP contribution in [0.3, 0.4) is 0 Å². The summed E-state index contributed by atoms with van der Waals surface area (Å²) in [7, 11) is 0. The summed E-state index contributed by atoms with van der Waals surface area (Å²) in [4.78, 5) is 14.1. The normalized spacial score (nSPS) is 17.5. The molecule has 0 aliphatic carbocycles. The molecule has 1 amide bonds. The number of benzene rings is 1. The minimum absolute atomic E-state index is 0.353. The largest absolute Gasteiger partial charge is 0.343 e. The lowest BCUT2D eigenvalue weighted by Gasteiger charge is -2.36. The first-order chi connectivity index (χ1) is 10.8. The van der Waals surface area contributed by atoms with E-state index in [1.54, 1.807) is 0 Å². The van der Waals surface area contributed by atoms with E-state index >= 15 is 0 Å². The van der Waals surface area contributed by atoms with Gasteiger partial charge in [0.15, 0.2) is 0 Å². The van der Waals surface area contributed by atoms with Gasteiger partial charge in [-0.2, -0.15) is 0 Å². The summed E-state index contributed by atoms with van der Waals surface area (Å²) in [5.74, 6) is 1.76. The van der Waals surface area contributed by atoms with Gasteiger partial charge >= 0.3 is 0 Å². The molecule has 0 bridgehead atoms. The van der Waals surface area contributed by atoms with Crippen LogP contribution >= 0.6 is 0 Å². The Hall–Kier alpha value is -1.31. The molecule has 0 radical (unpaired) electrons. The van der Waals surface area contributed by atoms with Crippen LogP contribution in [0.4, 0.5) is 0 Å². The van der Waals surface area contributed by atoms with E-state index in [9.17, 15) is 4.79 Å². The summed E-state index contributed by atoms with van der Waals surface area (Å²) in [5.41, 5.74) is 1.49. The molecule has 1 aromatic carbocycles. The van der Waals surface area contributed by atoms with Crippen LogP contribution in [-0.2, 0) is 4.79 Å². The predicted octanol–water partition coefficient (Wildman–Crippen LogP) is 5.00. The molecule has 1 atom stereocenters. The Morgan fingerprint density at radius 1 is 1.14 bits per heavy atom. The average molecular weight is 301 g/mol. The fourth-order valence-corrected chi connectivity index (χ4v) is 3.72. The summed E-state index contributed by atoms with van der Waals surface area (Å²) in [6.45, 7) is 6.27. The third-order valence-corrected chi connectivity index (χ3v) is 5.02. The molecule has 1 unspecified atom stereocenters. The van der Waals surface area contributed by atoms with Crippen molar-refractivity contribution in [3.8, 4) is 0 Å². The van der Waals surface area contributed by atoms with Crippen LogP contribution in [0.5, 0.6) is 0 Å². The van der Waals surface area contributed by atoms with Crippen molar-refractivity contribution >= 4 is 5.91 Å². The molecule has 1 fully saturated rings. The molecule has 1 saturated heterocycles. The number of piperidine rings is 1. The Morgan fingerprint density at radius 2 is 1.82 bits per heavy atom. The lowest BCUT2D eigenvalue weighted by Crippen LogP contribution is -2.39. The third kappa shape index (κ3) is 4.59. The quantitative estimate of drug-likeness (QED) is 0.694. The van der Waals surface area contributed by atoms with Gasteiger partial charge in [0.25, 0.3) is 0 Å². The second kappa shape index (κ2) is 8.97. The maximum atomic E-state index is 12.0. The highest BCUT2D eigenvalue weighted by Crippen LogP contribution is 2.36. The Balaban J connectivity index is 1.97. The van der Waals surface area contributed by atoms with Crippen LogP contribution in [-0.4, -0.2) is 23.9 Å². The molecule has 2 nitrogen and oxygen atoms in total. The van der Waals surface area contributed by atoms with Gasteiger partial charge in [-0.25, -0.2) is 0 Å². The Morgan fingerprint density at radius 3 is 2.41 bits per heavy atom. The molecule has 0 saturated carbocycles. The van der Waals surface area contributed by atoms with Crippen molar-refractivity contribution in [2.24, 2.45) is 5.92 Å². The molecular weight excluding hydrogens is 270 g/mol. The van der Waals surface area contributed by atoms with Crippen molar-refractivity contribution in [3.05, 3.63) is 35.9 Å². The van der Waals surface area contributed by atoms with Crippen LogP contribution in [0.2, 0.25) is 0 Å². The number of unbranched alkanes of at least 4 members (excludes halogenated alkanes) is 1. The van der Waals surface area contributed by atoms with E-state index in [4.69, 9.17) is 0 Å². The molecule has 2 rings (SSSR count). The van der Waals surface area contributed by atoms with E-state index in [-0.39, 0.29) is 0 Å². The number of nitrogens with zero attached hydrogens (tertiary/aromatic N) is 1. The SMILES string of the molecule is CCCCC(c1ccccc1)C1CCN(C(=O)CCC)CC1. The molecule has 0 N–H and O–H groups in total. The van der Waals surface area contributed by atoms with Gasteiger partial charge in [-0.3, -0.25) is 4.79 Å². The van der Waals surface area contributed by atoms with Crippen LogP contribution in [0.15, 0.2) is 30.3 Å². The third-order valence-electron chi connectivity index (χ3n) is 5.02. The van der Waals surface area contributed by atoms with Gasteiger partial charge in [-0.05, 0) is 43.1 Å². The number of hydrogen-bond acceptors (Lipinski definition) is 1. The fraction of sp³-hybridized carbons (Fsp3) is 0.650. The van der Waals surface area contributed by atoms with E-state index in [0.717, 1.165) is 25.4 Å². The first kappa shape index (κ1) is 17.1. The average Bonchev–Trinajstić information content (AvgIpc) is 2.57. The zero-order valence-corrected chi connectivity index (χ0v) is 14.3. The van der Waals surface area contributed by atoms with Gasteiger partial charge in [-0.1, -0.05) is 57.0 Å². The van der Waals surface area contributed by atoms with Crippen molar-refractivity contribution < 1.29 is 4.79 Å². The van der Waals surface area contributed by atoms with Gasteiger partial charge in [0, 0.05) is 19.5 Å². The molecule has 1 heterocycles. The summed E-state index contributed by atoms with van der Waals surface area (Å²) in [6, 6.07) is 11.0. The fourth-order valence-electron chi connectivity index (χ4n) is 3.72.